The molecule has 0 bridgehead atoms. The van der Waals surface area contributed by atoms with Crippen LogP contribution in [0.25, 0.3) is 0 Å². The van der Waals surface area contributed by atoms with Crippen molar-refractivity contribution < 1.29 is 9.84 Å². The van der Waals surface area contributed by atoms with Crippen molar-refractivity contribution in [2.45, 2.75) is 55.0 Å². The molecule has 1 aliphatic rings. The van der Waals surface area contributed by atoms with Gasteiger partial charge in [0.05, 0.1) is 18.8 Å². The molecule has 0 amide bonds. The molecule has 3 atom stereocenters. The summed E-state index contributed by atoms with van der Waals surface area (Å²) in [6, 6.07) is 10.5. The molecule has 1 aromatic rings. The highest BCUT2D eigenvalue weighted by molar-refractivity contribution is 8.00. The molecule has 1 fully saturated rings. The third-order valence-corrected chi connectivity index (χ3v) is 4.74. The first-order valence-electron chi connectivity index (χ1n) is 6.81. The summed E-state index contributed by atoms with van der Waals surface area (Å²) in [5.74, 6) is 0. The van der Waals surface area contributed by atoms with Gasteiger partial charge < -0.3 is 9.84 Å². The lowest BCUT2D eigenvalue weighted by Crippen LogP contribution is -2.45. The molecular weight excluding hydrogens is 244 g/mol. The van der Waals surface area contributed by atoms with Crippen LogP contribution in [0.2, 0.25) is 0 Å². The zero-order valence-corrected chi connectivity index (χ0v) is 11.7. The summed E-state index contributed by atoms with van der Waals surface area (Å²) < 4.78 is 5.75. The Hall–Kier alpha value is -0.510. The van der Waals surface area contributed by atoms with Crippen LogP contribution in [0.5, 0.6) is 0 Å². The number of unbranched alkanes of at least 4 members (excludes halogenated alkanes) is 1. The summed E-state index contributed by atoms with van der Waals surface area (Å²) in [6.45, 7) is 2.38. The molecule has 2 nitrogen and oxygen atoms in total. The predicted octanol–water partition coefficient (Wildman–Crippen LogP) is 3.49. The Morgan fingerprint density at radius 3 is 2.72 bits per heavy atom. The predicted molar refractivity (Wildman–Crippen MR) is 76.0 cm³/mol. The molecule has 0 unspecified atom stereocenters. The van der Waals surface area contributed by atoms with E-state index < -0.39 is 0 Å². The molecule has 1 N–H and O–H groups in total. The van der Waals surface area contributed by atoms with Gasteiger partial charge in [0.25, 0.3) is 0 Å². The van der Waals surface area contributed by atoms with E-state index in [1.54, 1.807) is 0 Å². The van der Waals surface area contributed by atoms with Gasteiger partial charge in [-0.2, -0.15) is 0 Å². The maximum Gasteiger partial charge on any atom is 0.0835 e. The second kappa shape index (κ2) is 7.17. The standard InChI is InChI=1S/C15H22O2S/c1-2-3-9-15(14-10-12(11-16)17-14)18-13-7-5-4-6-8-13/h4-8,12,14-16H,2-3,9-11H2,1H3/t12-,14+,15+/m0/s1. The quantitative estimate of drug-likeness (QED) is 0.766. The van der Waals surface area contributed by atoms with E-state index in [1.807, 2.05) is 17.8 Å². The zero-order valence-electron chi connectivity index (χ0n) is 10.9. The summed E-state index contributed by atoms with van der Waals surface area (Å²) >= 11 is 1.92. The van der Waals surface area contributed by atoms with Crippen LogP contribution in [0, 0.1) is 0 Å². The normalized spacial score (nSPS) is 24.6. The van der Waals surface area contributed by atoms with Gasteiger partial charge >= 0.3 is 0 Å². The van der Waals surface area contributed by atoms with Crippen LogP contribution in [-0.4, -0.2) is 29.2 Å². The lowest BCUT2D eigenvalue weighted by Gasteiger charge is -2.39. The summed E-state index contributed by atoms with van der Waals surface area (Å²) in [7, 11) is 0. The highest BCUT2D eigenvalue weighted by Crippen LogP contribution is 2.36. The molecular formula is C15H22O2S. The van der Waals surface area contributed by atoms with Gasteiger partial charge in [0, 0.05) is 16.6 Å². The zero-order chi connectivity index (χ0) is 12.8. The molecule has 0 radical (unpaired) electrons. The number of ether oxygens (including phenoxy) is 1. The Labute approximate surface area is 114 Å². The molecule has 100 valence electrons. The highest BCUT2D eigenvalue weighted by Gasteiger charge is 2.35. The molecule has 1 aliphatic heterocycles. The number of hydrogen-bond acceptors (Lipinski definition) is 3. The summed E-state index contributed by atoms with van der Waals surface area (Å²) in [6.07, 6.45) is 5.06. The van der Waals surface area contributed by atoms with Crippen LogP contribution in [0.15, 0.2) is 35.2 Å². The van der Waals surface area contributed by atoms with Crippen molar-refractivity contribution in [3.63, 3.8) is 0 Å². The molecule has 0 aromatic heterocycles. The number of aliphatic hydroxyl groups excluding tert-OH is 1. The second-order valence-electron chi connectivity index (χ2n) is 4.83. The smallest absolute Gasteiger partial charge is 0.0835 e. The maximum absolute atomic E-state index is 9.02. The molecule has 0 aliphatic carbocycles. The Morgan fingerprint density at radius 1 is 1.39 bits per heavy atom. The SMILES string of the molecule is CCCC[C@@H](Sc1ccccc1)[C@H]1C[C@@H](CO)O1. The van der Waals surface area contributed by atoms with Crippen molar-refractivity contribution >= 4 is 11.8 Å². The van der Waals surface area contributed by atoms with Gasteiger partial charge in [-0.3, -0.25) is 0 Å². The fourth-order valence-corrected chi connectivity index (χ4v) is 3.53. The fourth-order valence-electron chi connectivity index (χ4n) is 2.25. The monoisotopic (exact) mass is 266 g/mol. The van der Waals surface area contributed by atoms with Gasteiger partial charge in [0.2, 0.25) is 0 Å². The van der Waals surface area contributed by atoms with E-state index in [-0.39, 0.29) is 12.7 Å². The first kappa shape index (κ1) is 13.9. The molecule has 0 saturated carbocycles. The minimum absolute atomic E-state index is 0.0792. The average Bonchev–Trinajstić information content (AvgIpc) is 2.35. The topological polar surface area (TPSA) is 29.5 Å². The maximum atomic E-state index is 9.02. The van der Waals surface area contributed by atoms with Gasteiger partial charge in [0.1, 0.15) is 0 Å². The summed E-state index contributed by atoms with van der Waals surface area (Å²) in [5, 5.41) is 9.54. The first-order chi connectivity index (χ1) is 8.83. The average molecular weight is 266 g/mol. The van der Waals surface area contributed by atoms with E-state index in [4.69, 9.17) is 9.84 Å². The van der Waals surface area contributed by atoms with Gasteiger partial charge in [-0.1, -0.05) is 38.0 Å². The third kappa shape index (κ3) is 3.74. The molecule has 0 spiro atoms. The van der Waals surface area contributed by atoms with E-state index in [0.29, 0.717) is 11.4 Å². The molecule has 1 saturated heterocycles. The van der Waals surface area contributed by atoms with Gasteiger partial charge in [-0.05, 0) is 18.6 Å². The highest BCUT2D eigenvalue weighted by atomic mass is 32.2. The second-order valence-corrected chi connectivity index (χ2v) is 6.14. The van der Waals surface area contributed by atoms with Crippen molar-refractivity contribution in [1.82, 2.24) is 0 Å². The molecule has 18 heavy (non-hydrogen) atoms. The van der Waals surface area contributed by atoms with Crippen LogP contribution in [-0.2, 0) is 4.74 Å². The van der Waals surface area contributed by atoms with Gasteiger partial charge in [-0.25, -0.2) is 0 Å². The molecule has 1 heterocycles. The fraction of sp³-hybridized carbons (Fsp3) is 0.600. The Balaban J connectivity index is 1.89. The van der Waals surface area contributed by atoms with E-state index in [9.17, 15) is 0 Å². The van der Waals surface area contributed by atoms with Crippen LogP contribution in [0.4, 0.5) is 0 Å². The van der Waals surface area contributed by atoms with E-state index in [1.165, 1.54) is 24.2 Å². The first-order valence-corrected chi connectivity index (χ1v) is 7.69. The van der Waals surface area contributed by atoms with Crippen molar-refractivity contribution in [3.05, 3.63) is 30.3 Å². The Bertz CT molecular complexity index is 336. The van der Waals surface area contributed by atoms with Crippen molar-refractivity contribution in [2.24, 2.45) is 0 Å². The molecule has 1 aromatic carbocycles. The minimum Gasteiger partial charge on any atom is -0.394 e. The number of benzene rings is 1. The van der Waals surface area contributed by atoms with Crippen LogP contribution >= 0.6 is 11.8 Å². The van der Waals surface area contributed by atoms with Crippen LogP contribution in [0.1, 0.15) is 32.6 Å². The van der Waals surface area contributed by atoms with E-state index >= 15 is 0 Å². The Morgan fingerprint density at radius 2 is 2.11 bits per heavy atom. The molecule has 2 rings (SSSR count). The summed E-state index contributed by atoms with van der Waals surface area (Å²) in [5.41, 5.74) is 0. The van der Waals surface area contributed by atoms with Crippen molar-refractivity contribution in [3.8, 4) is 0 Å². The van der Waals surface area contributed by atoms with E-state index in [2.05, 4.69) is 31.2 Å². The minimum atomic E-state index is 0.0792. The van der Waals surface area contributed by atoms with Gasteiger partial charge in [0.15, 0.2) is 0 Å². The Kier molecular flexibility index (Phi) is 5.54. The van der Waals surface area contributed by atoms with Gasteiger partial charge in [-0.15, -0.1) is 11.8 Å². The van der Waals surface area contributed by atoms with Crippen molar-refractivity contribution in [1.29, 1.82) is 0 Å². The lowest BCUT2D eigenvalue weighted by atomic mass is 9.99. The number of thioether (sulfide) groups is 1. The largest absolute Gasteiger partial charge is 0.394 e. The number of rotatable bonds is 7. The number of aliphatic hydroxyl groups is 1. The van der Waals surface area contributed by atoms with Crippen LogP contribution in [0.3, 0.4) is 0 Å². The molecule has 3 heteroatoms. The van der Waals surface area contributed by atoms with Crippen LogP contribution < -0.4 is 0 Å². The third-order valence-electron chi connectivity index (χ3n) is 3.35. The number of hydrogen-bond donors (Lipinski definition) is 1. The van der Waals surface area contributed by atoms with E-state index in [0.717, 1.165) is 6.42 Å². The lowest BCUT2D eigenvalue weighted by molar-refractivity contribution is -0.142. The summed E-state index contributed by atoms with van der Waals surface area (Å²) in [4.78, 5) is 1.31. The van der Waals surface area contributed by atoms with Crippen molar-refractivity contribution in [2.75, 3.05) is 6.61 Å².